The average molecular weight is 323 g/mol. The number of nitrogens with one attached hydrogen (secondary N) is 2. The molecule has 0 radical (unpaired) electrons. The van der Waals surface area contributed by atoms with Crippen LogP contribution in [0.15, 0.2) is 47.1 Å². The van der Waals surface area contributed by atoms with Gasteiger partial charge in [-0.1, -0.05) is 17.7 Å². The lowest BCUT2D eigenvalue weighted by Crippen LogP contribution is -2.43. The van der Waals surface area contributed by atoms with E-state index in [4.69, 9.17) is 16.0 Å². The number of aliphatic hydroxyl groups is 1. The molecule has 0 saturated carbocycles. The summed E-state index contributed by atoms with van der Waals surface area (Å²) in [6.07, 6.45) is 1.41. The lowest BCUT2D eigenvalue weighted by molar-refractivity contribution is -0.136. The number of hydrogen-bond donors (Lipinski definition) is 3. The fraction of sp³-hybridized carbons (Fsp3) is 0.200. The van der Waals surface area contributed by atoms with E-state index >= 15 is 0 Å². The molecule has 3 N–H and O–H groups in total. The van der Waals surface area contributed by atoms with Crippen molar-refractivity contribution in [2.75, 3.05) is 11.9 Å². The zero-order valence-electron chi connectivity index (χ0n) is 11.8. The van der Waals surface area contributed by atoms with Crippen LogP contribution in [0.1, 0.15) is 12.7 Å². The highest BCUT2D eigenvalue weighted by Gasteiger charge is 2.28. The predicted octanol–water partition coefficient (Wildman–Crippen LogP) is 1.90. The molecule has 0 saturated heterocycles. The maximum atomic E-state index is 11.8. The van der Waals surface area contributed by atoms with Gasteiger partial charge in [-0.15, -0.1) is 0 Å². The molecule has 0 aliphatic heterocycles. The molecular weight excluding hydrogens is 308 g/mol. The Morgan fingerprint density at radius 3 is 2.68 bits per heavy atom. The molecule has 0 aliphatic rings. The third-order valence-electron chi connectivity index (χ3n) is 2.93. The monoisotopic (exact) mass is 322 g/mol. The Balaban J connectivity index is 1.90. The van der Waals surface area contributed by atoms with E-state index in [2.05, 4.69) is 10.6 Å². The minimum absolute atomic E-state index is 0.164. The van der Waals surface area contributed by atoms with Gasteiger partial charge in [0.1, 0.15) is 11.4 Å². The van der Waals surface area contributed by atoms with Crippen LogP contribution < -0.4 is 10.6 Å². The van der Waals surface area contributed by atoms with Gasteiger partial charge >= 0.3 is 11.8 Å². The van der Waals surface area contributed by atoms with Gasteiger partial charge in [-0.25, -0.2) is 0 Å². The van der Waals surface area contributed by atoms with Crippen molar-refractivity contribution in [3.05, 3.63) is 53.4 Å². The van der Waals surface area contributed by atoms with Gasteiger partial charge in [-0.05, 0) is 37.3 Å². The van der Waals surface area contributed by atoms with Crippen molar-refractivity contribution >= 4 is 29.1 Å². The summed E-state index contributed by atoms with van der Waals surface area (Å²) in [6, 6.07) is 9.63. The first kappa shape index (κ1) is 16.1. The first-order chi connectivity index (χ1) is 10.4. The number of furan rings is 1. The summed E-state index contributed by atoms with van der Waals surface area (Å²) < 4.78 is 5.08. The first-order valence-corrected chi connectivity index (χ1v) is 6.87. The molecule has 0 spiro atoms. The number of halogens is 1. The summed E-state index contributed by atoms with van der Waals surface area (Å²) in [5, 5.41) is 15.4. The van der Waals surface area contributed by atoms with Gasteiger partial charge in [0.15, 0.2) is 0 Å². The molecule has 1 aromatic heterocycles. The van der Waals surface area contributed by atoms with Crippen molar-refractivity contribution in [1.82, 2.24) is 5.32 Å². The Bertz CT molecular complexity index is 668. The third kappa shape index (κ3) is 4.09. The molecule has 1 aromatic carbocycles. The second-order valence-electron chi connectivity index (χ2n) is 4.90. The highest BCUT2D eigenvalue weighted by molar-refractivity contribution is 6.39. The first-order valence-electron chi connectivity index (χ1n) is 6.49. The van der Waals surface area contributed by atoms with Crippen LogP contribution in [0.4, 0.5) is 5.69 Å². The Morgan fingerprint density at radius 2 is 2.05 bits per heavy atom. The van der Waals surface area contributed by atoms with Gasteiger partial charge < -0.3 is 20.2 Å². The maximum Gasteiger partial charge on any atom is 0.313 e. The molecule has 6 nitrogen and oxygen atoms in total. The summed E-state index contributed by atoms with van der Waals surface area (Å²) in [5.41, 5.74) is -0.999. The summed E-state index contributed by atoms with van der Waals surface area (Å²) in [4.78, 5) is 23.5. The van der Waals surface area contributed by atoms with Crippen LogP contribution in [0.5, 0.6) is 0 Å². The molecule has 22 heavy (non-hydrogen) atoms. The molecule has 1 unspecified atom stereocenters. The predicted molar refractivity (Wildman–Crippen MR) is 81.4 cm³/mol. The number of anilines is 1. The fourth-order valence-electron chi connectivity index (χ4n) is 1.76. The molecule has 1 atom stereocenters. The Labute approximate surface area is 132 Å². The van der Waals surface area contributed by atoms with Crippen LogP contribution >= 0.6 is 11.6 Å². The van der Waals surface area contributed by atoms with Crippen LogP contribution in [0.3, 0.4) is 0 Å². The minimum atomic E-state index is -1.41. The second kappa shape index (κ2) is 6.64. The fourth-order valence-corrected chi connectivity index (χ4v) is 1.95. The van der Waals surface area contributed by atoms with Crippen LogP contribution in [-0.4, -0.2) is 23.5 Å². The highest BCUT2D eigenvalue weighted by Crippen LogP contribution is 2.19. The van der Waals surface area contributed by atoms with Gasteiger partial charge in [0.25, 0.3) is 0 Å². The van der Waals surface area contributed by atoms with Gasteiger partial charge in [0.05, 0.1) is 12.8 Å². The van der Waals surface area contributed by atoms with Crippen molar-refractivity contribution in [1.29, 1.82) is 0 Å². The van der Waals surface area contributed by atoms with E-state index in [0.29, 0.717) is 16.5 Å². The average Bonchev–Trinajstić information content (AvgIpc) is 3.00. The number of amides is 2. The second-order valence-corrected chi connectivity index (χ2v) is 5.33. The molecule has 116 valence electrons. The van der Waals surface area contributed by atoms with E-state index < -0.39 is 17.4 Å². The van der Waals surface area contributed by atoms with Crippen LogP contribution in [-0.2, 0) is 15.2 Å². The zero-order chi connectivity index (χ0) is 16.2. The van der Waals surface area contributed by atoms with Crippen LogP contribution in [0.2, 0.25) is 5.02 Å². The number of hydrogen-bond acceptors (Lipinski definition) is 4. The van der Waals surface area contributed by atoms with Gasteiger partial charge in [-0.3, -0.25) is 9.59 Å². The van der Waals surface area contributed by atoms with Crippen LogP contribution in [0, 0.1) is 0 Å². The number of carbonyl (C=O) groups excluding carboxylic acids is 2. The maximum absolute atomic E-state index is 11.8. The topological polar surface area (TPSA) is 91.6 Å². The summed E-state index contributed by atoms with van der Waals surface area (Å²) >= 11 is 5.79. The smallest absolute Gasteiger partial charge is 0.313 e. The zero-order valence-corrected chi connectivity index (χ0v) is 12.6. The Morgan fingerprint density at radius 1 is 1.27 bits per heavy atom. The van der Waals surface area contributed by atoms with Crippen molar-refractivity contribution in [3.8, 4) is 0 Å². The molecule has 2 rings (SSSR count). The largest absolute Gasteiger partial charge is 0.466 e. The van der Waals surface area contributed by atoms with Gasteiger partial charge in [-0.2, -0.15) is 0 Å². The summed E-state index contributed by atoms with van der Waals surface area (Å²) in [6.45, 7) is 1.31. The van der Waals surface area contributed by atoms with Crippen molar-refractivity contribution in [2.45, 2.75) is 12.5 Å². The van der Waals surface area contributed by atoms with E-state index in [1.165, 1.54) is 19.3 Å². The SMILES string of the molecule is CC(O)(CNC(=O)C(=O)Nc1cccc(Cl)c1)c1ccco1. The van der Waals surface area contributed by atoms with Gasteiger partial charge in [0.2, 0.25) is 0 Å². The standard InChI is InChI=1S/C15H15ClN2O4/c1-15(21,12-6-3-7-22-12)9-17-13(19)14(20)18-11-5-2-4-10(16)8-11/h2-8,21H,9H2,1H3,(H,17,19)(H,18,20). The normalized spacial score (nSPS) is 13.2. The molecule has 0 bridgehead atoms. The van der Waals surface area contributed by atoms with Crippen molar-refractivity contribution in [2.24, 2.45) is 0 Å². The Kier molecular flexibility index (Phi) is 4.85. The molecule has 0 aliphatic carbocycles. The number of benzene rings is 1. The molecular formula is C15H15ClN2O4. The summed E-state index contributed by atoms with van der Waals surface area (Å²) in [5.74, 6) is -1.42. The van der Waals surface area contributed by atoms with E-state index in [1.807, 2.05) is 0 Å². The van der Waals surface area contributed by atoms with Crippen molar-refractivity contribution in [3.63, 3.8) is 0 Å². The lowest BCUT2D eigenvalue weighted by atomic mass is 10.0. The summed E-state index contributed by atoms with van der Waals surface area (Å²) in [7, 11) is 0. The van der Waals surface area contributed by atoms with Crippen LogP contribution in [0.25, 0.3) is 0 Å². The molecule has 2 aromatic rings. The van der Waals surface area contributed by atoms with E-state index in [0.717, 1.165) is 0 Å². The molecule has 1 heterocycles. The molecule has 7 heteroatoms. The number of carbonyl (C=O) groups is 2. The van der Waals surface area contributed by atoms with E-state index in [9.17, 15) is 14.7 Å². The quantitative estimate of drug-likeness (QED) is 0.750. The lowest BCUT2D eigenvalue weighted by Gasteiger charge is -2.20. The number of rotatable bonds is 4. The third-order valence-corrected chi connectivity index (χ3v) is 3.17. The van der Waals surface area contributed by atoms with E-state index in [1.54, 1.807) is 30.3 Å². The van der Waals surface area contributed by atoms with Crippen molar-refractivity contribution < 1.29 is 19.1 Å². The van der Waals surface area contributed by atoms with Gasteiger partial charge in [0, 0.05) is 10.7 Å². The minimum Gasteiger partial charge on any atom is -0.466 e. The van der Waals surface area contributed by atoms with E-state index in [-0.39, 0.29) is 6.54 Å². The molecule has 2 amide bonds. The molecule has 0 fully saturated rings. The highest BCUT2D eigenvalue weighted by atomic mass is 35.5. The Hall–Kier alpha value is -2.31.